The van der Waals surface area contributed by atoms with E-state index in [0.29, 0.717) is 5.92 Å². The lowest BCUT2D eigenvalue weighted by molar-refractivity contribution is 0.219. The Bertz CT molecular complexity index is 579. The van der Waals surface area contributed by atoms with Gasteiger partial charge in [-0.05, 0) is 36.2 Å². The summed E-state index contributed by atoms with van der Waals surface area (Å²) in [6, 6.07) is 12.9. The normalized spacial score (nSPS) is 17.8. The molecule has 2 aromatic rings. The van der Waals surface area contributed by atoms with E-state index in [1.165, 1.54) is 29.2 Å². The van der Waals surface area contributed by atoms with Crippen LogP contribution < -0.4 is 10.1 Å². The van der Waals surface area contributed by atoms with Gasteiger partial charge >= 0.3 is 0 Å². The van der Waals surface area contributed by atoms with Crippen LogP contribution in [0.5, 0.6) is 5.75 Å². The van der Waals surface area contributed by atoms with Crippen LogP contribution in [0.3, 0.4) is 0 Å². The minimum Gasteiger partial charge on any atom is -0.493 e. The molecule has 1 heterocycles. The largest absolute Gasteiger partial charge is 0.493 e. The van der Waals surface area contributed by atoms with E-state index in [9.17, 15) is 0 Å². The average Bonchev–Trinajstić information content (AvgIpc) is 2.51. The molecule has 1 aliphatic heterocycles. The predicted octanol–water partition coefficient (Wildman–Crippen LogP) is 3.78. The van der Waals surface area contributed by atoms with Crippen LogP contribution in [0, 0.1) is 5.92 Å². The number of hydrogen-bond donors (Lipinski definition) is 1. The second-order valence-electron chi connectivity index (χ2n) is 5.70. The zero-order chi connectivity index (χ0) is 13.8. The van der Waals surface area contributed by atoms with Gasteiger partial charge < -0.3 is 10.1 Å². The summed E-state index contributed by atoms with van der Waals surface area (Å²) in [6.45, 7) is 5.25. The average molecular weight is 269 g/mol. The molecule has 0 spiro atoms. The van der Waals surface area contributed by atoms with E-state index in [4.69, 9.17) is 4.74 Å². The summed E-state index contributed by atoms with van der Waals surface area (Å²) in [5.41, 5.74) is 1.39. The van der Waals surface area contributed by atoms with E-state index in [2.05, 4.69) is 48.6 Å². The highest BCUT2D eigenvalue weighted by Gasteiger charge is 2.21. The lowest BCUT2D eigenvalue weighted by Crippen LogP contribution is -2.31. The fourth-order valence-corrected chi connectivity index (χ4v) is 2.96. The van der Waals surface area contributed by atoms with Gasteiger partial charge in [-0.1, -0.05) is 43.7 Å². The monoisotopic (exact) mass is 269 g/mol. The Kier molecular flexibility index (Phi) is 4.22. The van der Waals surface area contributed by atoms with Crippen molar-refractivity contribution < 1.29 is 4.74 Å². The maximum Gasteiger partial charge on any atom is 0.123 e. The van der Waals surface area contributed by atoms with Crippen molar-refractivity contribution in [3.05, 3.63) is 42.0 Å². The summed E-state index contributed by atoms with van der Waals surface area (Å²) in [5.74, 6) is 1.67. The lowest BCUT2D eigenvalue weighted by atomic mass is 9.92. The van der Waals surface area contributed by atoms with Crippen LogP contribution >= 0.6 is 0 Å². The highest BCUT2D eigenvalue weighted by molar-refractivity contribution is 5.87. The number of unbranched alkanes of at least 4 members (excludes halogenated alkanes) is 1. The fraction of sp³-hybridized carbons (Fsp3) is 0.444. The third-order valence-electron chi connectivity index (χ3n) is 4.11. The maximum atomic E-state index is 5.96. The van der Waals surface area contributed by atoms with Gasteiger partial charge in [-0.15, -0.1) is 0 Å². The Morgan fingerprint density at radius 3 is 3.00 bits per heavy atom. The standard InChI is InChI=1S/C18H23NO/c1-2-3-10-19-12-14-11-17-16-7-5-4-6-15(16)8-9-18(17)20-13-14/h4-9,14,19H,2-3,10-13H2,1H3. The molecule has 1 unspecified atom stereocenters. The molecule has 0 aliphatic carbocycles. The first kappa shape index (κ1) is 13.4. The molecule has 2 aromatic carbocycles. The Balaban J connectivity index is 1.74. The minimum absolute atomic E-state index is 0.588. The zero-order valence-electron chi connectivity index (χ0n) is 12.2. The molecule has 3 rings (SSSR count). The number of ether oxygens (including phenoxy) is 1. The van der Waals surface area contributed by atoms with Gasteiger partial charge in [-0.25, -0.2) is 0 Å². The van der Waals surface area contributed by atoms with Crippen LogP contribution in [0.15, 0.2) is 36.4 Å². The van der Waals surface area contributed by atoms with Gasteiger partial charge in [0, 0.05) is 18.0 Å². The van der Waals surface area contributed by atoms with Gasteiger partial charge in [-0.3, -0.25) is 0 Å². The van der Waals surface area contributed by atoms with Crippen LogP contribution in [0.25, 0.3) is 10.8 Å². The SMILES string of the molecule is CCCCNCC1COc2ccc3ccccc3c2C1. The van der Waals surface area contributed by atoms with Crippen LogP contribution in [-0.4, -0.2) is 19.7 Å². The molecule has 1 N–H and O–H groups in total. The minimum atomic E-state index is 0.588. The van der Waals surface area contributed by atoms with Crippen molar-refractivity contribution in [2.75, 3.05) is 19.7 Å². The summed E-state index contributed by atoms with van der Waals surface area (Å²) >= 11 is 0. The van der Waals surface area contributed by atoms with Crippen molar-refractivity contribution in [1.29, 1.82) is 0 Å². The Morgan fingerprint density at radius 1 is 1.20 bits per heavy atom. The van der Waals surface area contributed by atoms with Crippen molar-refractivity contribution >= 4 is 10.8 Å². The molecule has 1 atom stereocenters. The van der Waals surface area contributed by atoms with Crippen molar-refractivity contribution in [3.8, 4) is 5.75 Å². The summed E-state index contributed by atoms with van der Waals surface area (Å²) in [4.78, 5) is 0. The summed E-state index contributed by atoms with van der Waals surface area (Å²) in [5, 5.41) is 6.22. The molecule has 0 aromatic heterocycles. The molecule has 0 amide bonds. The summed E-state index contributed by atoms with van der Waals surface area (Å²) in [6.07, 6.45) is 3.63. The van der Waals surface area contributed by atoms with Crippen LogP contribution in [0.1, 0.15) is 25.3 Å². The topological polar surface area (TPSA) is 21.3 Å². The van der Waals surface area contributed by atoms with Gasteiger partial charge in [-0.2, -0.15) is 0 Å². The second-order valence-corrected chi connectivity index (χ2v) is 5.70. The van der Waals surface area contributed by atoms with E-state index in [1.807, 2.05) is 0 Å². The molecule has 1 aliphatic rings. The van der Waals surface area contributed by atoms with Crippen molar-refractivity contribution in [1.82, 2.24) is 5.32 Å². The Labute approximate surface area is 121 Å². The first-order chi connectivity index (χ1) is 9.88. The van der Waals surface area contributed by atoms with Gasteiger partial charge in [0.2, 0.25) is 0 Å². The molecule has 0 radical (unpaired) electrons. The molecule has 0 fully saturated rings. The molecular formula is C18H23NO. The summed E-state index contributed by atoms with van der Waals surface area (Å²) < 4.78 is 5.96. The zero-order valence-corrected chi connectivity index (χ0v) is 12.2. The molecule has 2 heteroatoms. The van der Waals surface area contributed by atoms with Crippen molar-refractivity contribution in [3.63, 3.8) is 0 Å². The van der Waals surface area contributed by atoms with Gasteiger partial charge in [0.05, 0.1) is 6.61 Å². The number of benzene rings is 2. The smallest absolute Gasteiger partial charge is 0.123 e. The highest BCUT2D eigenvalue weighted by atomic mass is 16.5. The predicted molar refractivity (Wildman–Crippen MR) is 84.4 cm³/mol. The molecular weight excluding hydrogens is 246 g/mol. The van der Waals surface area contributed by atoms with E-state index < -0.39 is 0 Å². The highest BCUT2D eigenvalue weighted by Crippen LogP contribution is 2.33. The van der Waals surface area contributed by atoms with E-state index in [0.717, 1.165) is 31.9 Å². The van der Waals surface area contributed by atoms with Crippen LogP contribution in [0.4, 0.5) is 0 Å². The van der Waals surface area contributed by atoms with Crippen LogP contribution in [-0.2, 0) is 6.42 Å². The van der Waals surface area contributed by atoms with Crippen molar-refractivity contribution in [2.24, 2.45) is 5.92 Å². The van der Waals surface area contributed by atoms with Gasteiger partial charge in [0.1, 0.15) is 5.75 Å². The number of rotatable bonds is 5. The lowest BCUT2D eigenvalue weighted by Gasteiger charge is -2.26. The van der Waals surface area contributed by atoms with E-state index >= 15 is 0 Å². The number of fused-ring (bicyclic) bond motifs is 3. The van der Waals surface area contributed by atoms with E-state index in [1.54, 1.807) is 0 Å². The Hall–Kier alpha value is -1.54. The van der Waals surface area contributed by atoms with Crippen LogP contribution in [0.2, 0.25) is 0 Å². The van der Waals surface area contributed by atoms with Gasteiger partial charge in [0.15, 0.2) is 0 Å². The molecule has 106 valence electrons. The molecule has 0 saturated carbocycles. The quantitative estimate of drug-likeness (QED) is 0.834. The molecule has 0 bridgehead atoms. The Morgan fingerprint density at radius 2 is 2.10 bits per heavy atom. The number of hydrogen-bond acceptors (Lipinski definition) is 2. The van der Waals surface area contributed by atoms with E-state index in [-0.39, 0.29) is 0 Å². The summed E-state index contributed by atoms with van der Waals surface area (Å²) in [7, 11) is 0. The van der Waals surface area contributed by atoms with Crippen molar-refractivity contribution in [2.45, 2.75) is 26.2 Å². The number of nitrogens with one attached hydrogen (secondary N) is 1. The fourth-order valence-electron chi connectivity index (χ4n) is 2.96. The second kappa shape index (κ2) is 6.27. The first-order valence-electron chi connectivity index (χ1n) is 7.72. The maximum absolute atomic E-state index is 5.96. The molecule has 0 saturated heterocycles. The van der Waals surface area contributed by atoms with Gasteiger partial charge in [0.25, 0.3) is 0 Å². The first-order valence-corrected chi connectivity index (χ1v) is 7.72. The third-order valence-corrected chi connectivity index (χ3v) is 4.11. The molecule has 20 heavy (non-hydrogen) atoms. The third kappa shape index (κ3) is 2.80. The molecule has 2 nitrogen and oxygen atoms in total.